The summed E-state index contributed by atoms with van der Waals surface area (Å²) in [5.74, 6) is 1.68. The molecule has 0 radical (unpaired) electrons. The van der Waals surface area contributed by atoms with Gasteiger partial charge in [0.1, 0.15) is 17.9 Å². The number of halogens is 2. The van der Waals surface area contributed by atoms with Crippen LogP contribution in [-0.4, -0.2) is 23.1 Å². The second kappa shape index (κ2) is 8.65. The molecule has 0 unspecified atom stereocenters. The summed E-state index contributed by atoms with van der Waals surface area (Å²) in [5, 5.41) is 6.05. The summed E-state index contributed by atoms with van der Waals surface area (Å²) in [4.78, 5) is 9.70. The number of ether oxygens (including phenoxy) is 1. The molecule has 7 heteroatoms. The van der Waals surface area contributed by atoms with Gasteiger partial charge in [-0.2, -0.15) is 0 Å². The van der Waals surface area contributed by atoms with Crippen LogP contribution < -0.4 is 10.1 Å². The van der Waals surface area contributed by atoms with Crippen LogP contribution in [0.5, 0.6) is 5.75 Å². The van der Waals surface area contributed by atoms with Crippen LogP contribution in [0.25, 0.3) is 10.6 Å². The van der Waals surface area contributed by atoms with Crippen molar-refractivity contribution in [1.29, 1.82) is 0 Å². The van der Waals surface area contributed by atoms with Gasteiger partial charge in [-0.3, -0.25) is 0 Å². The summed E-state index contributed by atoms with van der Waals surface area (Å²) in [6, 6.07) is 9.96. The monoisotopic (exact) mass is 437 g/mol. The molecule has 1 N–H and O–H groups in total. The van der Waals surface area contributed by atoms with Crippen molar-refractivity contribution in [3.63, 3.8) is 0 Å². The fourth-order valence-corrected chi connectivity index (χ4v) is 3.56. The molecule has 0 aliphatic rings. The molecule has 1 aromatic carbocycles. The van der Waals surface area contributed by atoms with Gasteiger partial charge < -0.3 is 10.1 Å². The van der Waals surface area contributed by atoms with Gasteiger partial charge in [0.05, 0.1) is 22.2 Å². The average Bonchev–Trinajstić information content (AvgIpc) is 3.07. The van der Waals surface area contributed by atoms with E-state index in [1.165, 1.54) is 5.56 Å². The van der Waals surface area contributed by atoms with Crippen LogP contribution in [0.1, 0.15) is 12.5 Å². The first-order valence-corrected chi connectivity index (χ1v) is 9.92. The molecular weight excluding hydrogens is 422 g/mol. The van der Waals surface area contributed by atoms with Crippen molar-refractivity contribution < 1.29 is 4.74 Å². The number of anilines is 1. The first-order valence-electron chi connectivity index (χ1n) is 7.87. The normalized spacial score (nSPS) is 10.7. The Morgan fingerprint density at radius 3 is 2.92 bits per heavy atom. The molecule has 0 bridgehead atoms. The lowest BCUT2D eigenvalue weighted by atomic mass is 10.1. The van der Waals surface area contributed by atoms with E-state index in [0.717, 1.165) is 44.6 Å². The van der Waals surface area contributed by atoms with Gasteiger partial charge in [-0.25, -0.2) is 9.97 Å². The molecule has 0 aliphatic carbocycles. The SMILES string of the molecule is CCOc1csc(-c2cc(NCCc3ccc(Br)c(Cl)c3)ncn2)c1. The van der Waals surface area contributed by atoms with Crippen molar-refractivity contribution in [3.05, 3.63) is 57.1 Å². The molecule has 4 nitrogen and oxygen atoms in total. The average molecular weight is 439 g/mol. The Bertz CT molecular complexity index is 856. The minimum Gasteiger partial charge on any atom is -0.493 e. The number of rotatable bonds is 7. The zero-order valence-corrected chi connectivity index (χ0v) is 16.8. The third-order valence-electron chi connectivity index (χ3n) is 3.51. The highest BCUT2D eigenvalue weighted by Gasteiger charge is 2.06. The molecule has 0 fully saturated rings. The van der Waals surface area contributed by atoms with Crippen LogP contribution in [0.15, 0.2) is 46.5 Å². The van der Waals surface area contributed by atoms with Crippen LogP contribution in [0, 0.1) is 0 Å². The van der Waals surface area contributed by atoms with Gasteiger partial charge in [0.15, 0.2) is 0 Å². The fraction of sp³-hybridized carbons (Fsp3) is 0.222. The lowest BCUT2D eigenvalue weighted by Crippen LogP contribution is -2.06. The maximum absolute atomic E-state index is 6.13. The van der Waals surface area contributed by atoms with E-state index in [4.69, 9.17) is 16.3 Å². The Morgan fingerprint density at radius 1 is 1.24 bits per heavy atom. The highest BCUT2D eigenvalue weighted by molar-refractivity contribution is 9.10. The zero-order valence-electron chi connectivity index (χ0n) is 13.6. The van der Waals surface area contributed by atoms with E-state index >= 15 is 0 Å². The zero-order chi connectivity index (χ0) is 17.6. The summed E-state index contributed by atoms with van der Waals surface area (Å²) in [5.41, 5.74) is 2.06. The topological polar surface area (TPSA) is 47.0 Å². The van der Waals surface area contributed by atoms with Crippen molar-refractivity contribution in [3.8, 4) is 16.3 Å². The first kappa shape index (κ1) is 18.2. The molecule has 0 aliphatic heterocycles. The predicted octanol–water partition coefficient (Wildman–Crippen LogP) is 5.67. The first-order chi connectivity index (χ1) is 12.2. The second-order valence-corrected chi connectivity index (χ2v) is 7.47. The van der Waals surface area contributed by atoms with Crippen LogP contribution in [-0.2, 0) is 6.42 Å². The molecule has 3 aromatic rings. The highest BCUT2D eigenvalue weighted by atomic mass is 79.9. The number of benzene rings is 1. The standard InChI is InChI=1S/C18H17BrClN3OS/c1-2-24-13-8-17(25-10-13)16-9-18(23-11-22-16)21-6-5-12-3-4-14(19)15(20)7-12/h3-4,7-11H,2,5-6H2,1H3,(H,21,22,23). The molecule has 0 saturated heterocycles. The third kappa shape index (κ3) is 4.93. The molecular formula is C18H17BrClN3OS. The number of thiophene rings is 1. The summed E-state index contributed by atoms with van der Waals surface area (Å²) in [6.45, 7) is 3.40. The van der Waals surface area contributed by atoms with Gasteiger partial charge in [-0.1, -0.05) is 17.7 Å². The maximum atomic E-state index is 6.13. The number of hydrogen-bond donors (Lipinski definition) is 1. The lowest BCUT2D eigenvalue weighted by molar-refractivity contribution is 0.342. The number of nitrogens with zero attached hydrogens (tertiary/aromatic N) is 2. The predicted molar refractivity (Wildman–Crippen MR) is 108 cm³/mol. The van der Waals surface area contributed by atoms with E-state index in [1.54, 1.807) is 17.7 Å². The third-order valence-corrected chi connectivity index (χ3v) is 5.67. The second-order valence-electron chi connectivity index (χ2n) is 5.29. The van der Waals surface area contributed by atoms with Gasteiger partial charge in [-0.15, -0.1) is 11.3 Å². The summed E-state index contributed by atoms with van der Waals surface area (Å²) >= 11 is 11.1. The van der Waals surface area contributed by atoms with Gasteiger partial charge in [0.25, 0.3) is 0 Å². The van der Waals surface area contributed by atoms with Gasteiger partial charge in [0, 0.05) is 28.5 Å². The van der Waals surface area contributed by atoms with Crippen LogP contribution >= 0.6 is 38.9 Å². The van der Waals surface area contributed by atoms with Crippen molar-refractivity contribution in [1.82, 2.24) is 9.97 Å². The Hall–Kier alpha value is -1.63. The smallest absolute Gasteiger partial charge is 0.130 e. The highest BCUT2D eigenvalue weighted by Crippen LogP contribution is 2.30. The summed E-state index contributed by atoms with van der Waals surface area (Å²) in [7, 11) is 0. The molecule has 0 amide bonds. The summed E-state index contributed by atoms with van der Waals surface area (Å²) < 4.78 is 6.42. The number of hydrogen-bond acceptors (Lipinski definition) is 5. The molecule has 0 spiro atoms. The molecule has 0 saturated carbocycles. The van der Waals surface area contributed by atoms with Gasteiger partial charge in [-0.05, 0) is 47.0 Å². The van der Waals surface area contributed by atoms with Crippen molar-refractivity contribution >= 4 is 44.7 Å². The Kier molecular flexibility index (Phi) is 6.29. The van der Waals surface area contributed by atoms with E-state index in [0.29, 0.717) is 6.61 Å². The largest absolute Gasteiger partial charge is 0.493 e. The lowest BCUT2D eigenvalue weighted by Gasteiger charge is -2.07. The number of nitrogens with one attached hydrogen (secondary N) is 1. The number of aromatic nitrogens is 2. The van der Waals surface area contributed by atoms with Crippen molar-refractivity contribution in [2.24, 2.45) is 0 Å². The molecule has 25 heavy (non-hydrogen) atoms. The maximum Gasteiger partial charge on any atom is 0.130 e. The van der Waals surface area contributed by atoms with E-state index < -0.39 is 0 Å². The minimum atomic E-state index is 0.660. The van der Waals surface area contributed by atoms with Crippen molar-refractivity contribution in [2.75, 3.05) is 18.5 Å². The van der Waals surface area contributed by atoms with E-state index in [9.17, 15) is 0 Å². The molecule has 2 aromatic heterocycles. The minimum absolute atomic E-state index is 0.660. The van der Waals surface area contributed by atoms with Crippen LogP contribution in [0.2, 0.25) is 5.02 Å². The molecule has 2 heterocycles. The molecule has 0 atom stereocenters. The van der Waals surface area contributed by atoms with Gasteiger partial charge in [0.2, 0.25) is 0 Å². The molecule has 3 rings (SSSR count). The summed E-state index contributed by atoms with van der Waals surface area (Å²) in [6.07, 6.45) is 2.44. The van der Waals surface area contributed by atoms with Crippen LogP contribution in [0.4, 0.5) is 5.82 Å². The van der Waals surface area contributed by atoms with Gasteiger partial charge >= 0.3 is 0 Å². The molecule has 130 valence electrons. The Labute approximate surface area is 164 Å². The van der Waals surface area contributed by atoms with E-state index in [1.807, 2.05) is 36.6 Å². The quantitative estimate of drug-likeness (QED) is 0.516. The Balaban J connectivity index is 1.62. The van der Waals surface area contributed by atoms with E-state index in [-0.39, 0.29) is 0 Å². The van der Waals surface area contributed by atoms with Crippen LogP contribution in [0.3, 0.4) is 0 Å². The Morgan fingerprint density at radius 2 is 2.12 bits per heavy atom. The van der Waals surface area contributed by atoms with Crippen molar-refractivity contribution in [2.45, 2.75) is 13.3 Å². The fourth-order valence-electron chi connectivity index (χ4n) is 2.31. The van der Waals surface area contributed by atoms with E-state index in [2.05, 4.69) is 37.3 Å².